The third-order valence-electron chi connectivity index (χ3n) is 4.59. The number of aromatic nitrogens is 4. The third kappa shape index (κ3) is 2.71. The number of sulfonamides is 1. The van der Waals surface area contributed by atoms with E-state index in [1.54, 1.807) is 28.8 Å². The van der Waals surface area contributed by atoms with E-state index in [0.717, 1.165) is 23.9 Å². The van der Waals surface area contributed by atoms with Crippen molar-refractivity contribution in [3.05, 3.63) is 36.4 Å². The van der Waals surface area contributed by atoms with Crippen molar-refractivity contribution >= 4 is 21.1 Å². The Morgan fingerprint density at radius 2 is 1.76 bits per heavy atom. The molecule has 0 saturated carbocycles. The molecule has 0 N–H and O–H groups in total. The predicted octanol–water partition coefficient (Wildman–Crippen LogP) is 2.12. The molecule has 3 aromatic rings. The van der Waals surface area contributed by atoms with E-state index in [9.17, 15) is 8.42 Å². The molecule has 130 valence electrons. The molecule has 0 atom stereocenters. The van der Waals surface area contributed by atoms with Crippen LogP contribution in [-0.2, 0) is 17.1 Å². The Morgan fingerprint density at radius 3 is 2.44 bits per heavy atom. The van der Waals surface area contributed by atoms with E-state index in [1.807, 2.05) is 24.6 Å². The summed E-state index contributed by atoms with van der Waals surface area (Å²) in [6.45, 7) is 3.01. The van der Waals surface area contributed by atoms with Gasteiger partial charge in [-0.3, -0.25) is 0 Å². The lowest BCUT2D eigenvalue weighted by molar-refractivity contribution is 0.477. The monoisotopic (exact) mass is 357 g/mol. The summed E-state index contributed by atoms with van der Waals surface area (Å²) in [4.78, 5) is 13.3. The van der Waals surface area contributed by atoms with Crippen molar-refractivity contribution in [3.63, 3.8) is 0 Å². The zero-order valence-corrected chi connectivity index (χ0v) is 15.0. The highest BCUT2D eigenvalue weighted by atomic mass is 32.2. The van der Waals surface area contributed by atoms with Gasteiger partial charge in [-0.05, 0) is 38.0 Å². The van der Waals surface area contributed by atoms with E-state index in [-0.39, 0.29) is 0 Å². The zero-order chi connectivity index (χ0) is 17.6. The Kier molecular flexibility index (Phi) is 3.81. The van der Waals surface area contributed by atoms with Gasteiger partial charge in [0.15, 0.2) is 0 Å². The van der Waals surface area contributed by atoms with Crippen molar-refractivity contribution in [3.8, 4) is 11.4 Å². The Bertz CT molecular complexity index is 1030. The van der Waals surface area contributed by atoms with Crippen LogP contribution in [0.5, 0.6) is 0 Å². The van der Waals surface area contributed by atoms with Gasteiger partial charge >= 0.3 is 0 Å². The van der Waals surface area contributed by atoms with Gasteiger partial charge in [-0.1, -0.05) is 0 Å². The number of fused-ring (bicyclic) bond motifs is 1. The fraction of sp³-hybridized carbons (Fsp3) is 0.353. The lowest BCUT2D eigenvalue weighted by atomic mass is 10.3. The van der Waals surface area contributed by atoms with Crippen molar-refractivity contribution in [1.29, 1.82) is 0 Å². The molecule has 0 aliphatic carbocycles. The van der Waals surface area contributed by atoms with E-state index in [1.165, 1.54) is 0 Å². The maximum atomic E-state index is 12.7. The molecule has 1 saturated heterocycles. The zero-order valence-electron chi connectivity index (χ0n) is 14.2. The van der Waals surface area contributed by atoms with Gasteiger partial charge in [-0.15, -0.1) is 0 Å². The Balaban J connectivity index is 1.80. The fourth-order valence-corrected chi connectivity index (χ4v) is 4.72. The van der Waals surface area contributed by atoms with Crippen LogP contribution in [0.3, 0.4) is 0 Å². The molecule has 1 fully saturated rings. The SMILES string of the molecule is Cc1ncc(-c2nc3cc(S(=O)(=O)N4CCCC4)ccc3n2C)cn1. The molecule has 8 heteroatoms. The van der Waals surface area contributed by atoms with Gasteiger partial charge in [0.2, 0.25) is 10.0 Å². The molecule has 25 heavy (non-hydrogen) atoms. The first-order chi connectivity index (χ1) is 12.0. The normalized spacial score (nSPS) is 15.9. The third-order valence-corrected chi connectivity index (χ3v) is 6.49. The first-order valence-corrected chi connectivity index (χ1v) is 9.66. The molecule has 0 spiro atoms. The summed E-state index contributed by atoms with van der Waals surface area (Å²) >= 11 is 0. The molecule has 2 aromatic heterocycles. The summed E-state index contributed by atoms with van der Waals surface area (Å²) in [5.41, 5.74) is 2.32. The minimum absolute atomic E-state index is 0.298. The van der Waals surface area contributed by atoms with Crippen molar-refractivity contribution in [1.82, 2.24) is 23.8 Å². The van der Waals surface area contributed by atoms with Crippen LogP contribution in [0.25, 0.3) is 22.4 Å². The first-order valence-electron chi connectivity index (χ1n) is 8.22. The van der Waals surface area contributed by atoms with Crippen molar-refractivity contribution in [2.75, 3.05) is 13.1 Å². The lowest BCUT2D eigenvalue weighted by Gasteiger charge is -2.15. The Labute approximate surface area is 146 Å². The van der Waals surface area contributed by atoms with Crippen LogP contribution < -0.4 is 0 Å². The van der Waals surface area contributed by atoms with Crippen LogP contribution >= 0.6 is 0 Å². The van der Waals surface area contributed by atoms with Crippen molar-refractivity contribution in [2.45, 2.75) is 24.7 Å². The minimum Gasteiger partial charge on any atom is -0.327 e. The fourth-order valence-electron chi connectivity index (χ4n) is 3.18. The number of benzene rings is 1. The van der Waals surface area contributed by atoms with Crippen LogP contribution in [0, 0.1) is 6.92 Å². The van der Waals surface area contributed by atoms with Crippen molar-refractivity contribution in [2.24, 2.45) is 7.05 Å². The van der Waals surface area contributed by atoms with Gasteiger partial charge in [0, 0.05) is 32.5 Å². The average molecular weight is 357 g/mol. The average Bonchev–Trinajstić information content (AvgIpc) is 3.24. The molecule has 1 aliphatic rings. The summed E-state index contributed by atoms with van der Waals surface area (Å²) in [6, 6.07) is 5.12. The standard InChI is InChI=1S/C17H19N5O2S/c1-12-18-10-13(11-19-12)17-20-15-9-14(5-6-16(15)21(17)2)25(23,24)22-7-3-4-8-22/h5-6,9-11H,3-4,7-8H2,1-2H3. The molecule has 7 nitrogen and oxygen atoms in total. The van der Waals surface area contributed by atoms with Gasteiger partial charge in [-0.25, -0.2) is 23.4 Å². The number of nitrogens with zero attached hydrogens (tertiary/aromatic N) is 5. The van der Waals surface area contributed by atoms with E-state index >= 15 is 0 Å². The van der Waals surface area contributed by atoms with Gasteiger partial charge in [0.1, 0.15) is 11.6 Å². The van der Waals surface area contributed by atoms with Crippen LogP contribution in [0.2, 0.25) is 0 Å². The Morgan fingerprint density at radius 1 is 1.08 bits per heavy atom. The first kappa shape index (κ1) is 16.2. The predicted molar refractivity (Wildman–Crippen MR) is 94.5 cm³/mol. The van der Waals surface area contributed by atoms with Crippen LogP contribution in [0.4, 0.5) is 0 Å². The summed E-state index contributed by atoms with van der Waals surface area (Å²) in [7, 11) is -1.54. The highest BCUT2D eigenvalue weighted by molar-refractivity contribution is 7.89. The molecular weight excluding hydrogens is 338 g/mol. The highest BCUT2D eigenvalue weighted by Gasteiger charge is 2.27. The second-order valence-corrected chi connectivity index (χ2v) is 8.21. The quantitative estimate of drug-likeness (QED) is 0.717. The van der Waals surface area contributed by atoms with Gasteiger partial charge in [0.25, 0.3) is 0 Å². The van der Waals surface area contributed by atoms with E-state index in [0.29, 0.717) is 35.2 Å². The van der Waals surface area contributed by atoms with Gasteiger partial charge in [-0.2, -0.15) is 4.31 Å². The van der Waals surface area contributed by atoms with E-state index in [2.05, 4.69) is 15.0 Å². The molecule has 0 amide bonds. The number of aryl methyl sites for hydroxylation is 2. The molecule has 4 rings (SSSR count). The summed E-state index contributed by atoms with van der Waals surface area (Å²) in [6.07, 6.45) is 5.29. The van der Waals surface area contributed by atoms with Crippen LogP contribution in [-0.4, -0.2) is 45.3 Å². The van der Waals surface area contributed by atoms with Gasteiger partial charge in [0.05, 0.1) is 21.5 Å². The molecule has 1 aromatic carbocycles. The summed E-state index contributed by atoms with van der Waals surface area (Å²) in [5, 5.41) is 0. The molecule has 1 aliphatic heterocycles. The van der Waals surface area contributed by atoms with Crippen LogP contribution in [0.15, 0.2) is 35.5 Å². The molecule has 0 unspecified atom stereocenters. The molecule has 0 bridgehead atoms. The summed E-state index contributed by atoms with van der Waals surface area (Å²) < 4.78 is 29.0. The maximum absolute atomic E-state index is 12.7. The smallest absolute Gasteiger partial charge is 0.243 e. The second-order valence-electron chi connectivity index (χ2n) is 6.28. The number of hydrogen-bond acceptors (Lipinski definition) is 5. The number of hydrogen-bond donors (Lipinski definition) is 0. The van der Waals surface area contributed by atoms with Crippen molar-refractivity contribution < 1.29 is 8.42 Å². The van der Waals surface area contributed by atoms with Gasteiger partial charge < -0.3 is 4.57 Å². The lowest BCUT2D eigenvalue weighted by Crippen LogP contribution is -2.27. The second kappa shape index (κ2) is 5.89. The maximum Gasteiger partial charge on any atom is 0.243 e. The Hall–Kier alpha value is -2.32. The van der Waals surface area contributed by atoms with Crippen LogP contribution in [0.1, 0.15) is 18.7 Å². The minimum atomic E-state index is -3.44. The van der Waals surface area contributed by atoms with E-state index in [4.69, 9.17) is 0 Å². The molecular formula is C17H19N5O2S. The largest absolute Gasteiger partial charge is 0.327 e. The molecule has 3 heterocycles. The highest BCUT2D eigenvalue weighted by Crippen LogP contribution is 2.27. The van der Waals surface area contributed by atoms with E-state index < -0.39 is 10.0 Å². The number of rotatable bonds is 3. The topological polar surface area (TPSA) is 81.0 Å². The summed E-state index contributed by atoms with van der Waals surface area (Å²) in [5.74, 6) is 1.41. The molecule has 0 radical (unpaired) electrons. The number of imidazole rings is 1.